The van der Waals surface area contributed by atoms with Gasteiger partial charge >= 0.3 is 0 Å². The van der Waals surface area contributed by atoms with Gasteiger partial charge in [-0.3, -0.25) is 4.99 Å². The Kier molecular flexibility index (Phi) is 10.7. The number of rotatable bonds is 9. The molecule has 2 rings (SSSR count). The average Bonchev–Trinajstić information content (AvgIpc) is 2.65. The Labute approximate surface area is 189 Å². The molecule has 6 nitrogen and oxygen atoms in total. The normalized spacial score (nSPS) is 12.3. The molecule has 2 aromatic rings. The van der Waals surface area contributed by atoms with Crippen LogP contribution in [0.4, 0.5) is 10.1 Å². The summed E-state index contributed by atoms with van der Waals surface area (Å²) in [6.07, 6.45) is 0. The molecule has 3 N–H and O–H groups in total. The smallest absolute Gasteiger partial charge is 0.193 e. The van der Waals surface area contributed by atoms with E-state index in [4.69, 9.17) is 15.2 Å². The van der Waals surface area contributed by atoms with Gasteiger partial charge in [-0.25, -0.2) is 4.39 Å². The van der Waals surface area contributed by atoms with Crippen LogP contribution in [-0.4, -0.2) is 44.7 Å². The Balaban J connectivity index is 0.00000420. The van der Waals surface area contributed by atoms with E-state index in [0.717, 1.165) is 11.3 Å². The number of ether oxygens (including phenoxy) is 2. The number of benzene rings is 2. The fraction of sp³-hybridized carbons (Fsp3) is 0.381. The topological polar surface area (TPSA) is 72.1 Å². The second-order valence-electron chi connectivity index (χ2n) is 6.41. The number of halogens is 2. The first kappa shape index (κ1) is 25.0. The fourth-order valence-corrected chi connectivity index (χ4v) is 2.76. The van der Waals surface area contributed by atoms with Crippen LogP contribution in [0.3, 0.4) is 0 Å². The van der Waals surface area contributed by atoms with Crippen molar-refractivity contribution in [3.05, 3.63) is 53.8 Å². The Bertz CT molecular complexity index is 785. The Morgan fingerprint density at radius 3 is 2.34 bits per heavy atom. The number of aliphatic imine (C=N–C) groups is 1. The third kappa shape index (κ3) is 7.69. The van der Waals surface area contributed by atoms with Crippen LogP contribution in [0, 0.1) is 5.82 Å². The molecule has 2 aromatic carbocycles. The van der Waals surface area contributed by atoms with Crippen LogP contribution < -0.4 is 20.5 Å². The lowest BCUT2D eigenvalue weighted by molar-refractivity contribution is 0.306. The van der Waals surface area contributed by atoms with Gasteiger partial charge in [0.2, 0.25) is 0 Å². The van der Waals surface area contributed by atoms with Crippen molar-refractivity contribution in [1.29, 1.82) is 0 Å². The van der Waals surface area contributed by atoms with Crippen molar-refractivity contribution in [3.8, 4) is 11.5 Å². The molecule has 0 aliphatic rings. The number of likely N-dealkylation sites (N-methyl/N-ethyl adjacent to an activating group) is 1. The quantitative estimate of drug-likeness (QED) is 0.296. The molecular weight excluding hydrogens is 486 g/mol. The highest BCUT2D eigenvalue weighted by atomic mass is 127. The molecule has 1 unspecified atom stereocenters. The zero-order chi connectivity index (χ0) is 20.5. The molecule has 0 saturated heterocycles. The number of nitrogens with two attached hydrogens (primary N) is 1. The summed E-state index contributed by atoms with van der Waals surface area (Å²) in [5, 5.41) is 3.09. The number of hydrogen-bond donors (Lipinski definition) is 2. The minimum atomic E-state index is -0.261. The number of nitrogens with zero attached hydrogens (tertiary/aromatic N) is 2. The molecular formula is C21H30FIN4O2. The second-order valence-corrected chi connectivity index (χ2v) is 6.41. The zero-order valence-electron chi connectivity index (χ0n) is 17.3. The molecule has 0 bridgehead atoms. The highest BCUT2D eigenvalue weighted by molar-refractivity contribution is 14.0. The first-order valence-electron chi connectivity index (χ1n) is 9.33. The van der Waals surface area contributed by atoms with Gasteiger partial charge in [-0.15, -0.1) is 24.0 Å². The Hall–Kier alpha value is -2.07. The molecule has 160 valence electrons. The predicted octanol–water partition coefficient (Wildman–Crippen LogP) is 4.27. The molecule has 0 aromatic heterocycles. The third-order valence-electron chi connectivity index (χ3n) is 4.14. The summed E-state index contributed by atoms with van der Waals surface area (Å²) in [6.45, 7) is 5.37. The molecule has 8 heteroatoms. The van der Waals surface area contributed by atoms with Gasteiger partial charge in [0.05, 0.1) is 31.5 Å². The summed E-state index contributed by atoms with van der Waals surface area (Å²) in [5.74, 6) is 1.40. The highest BCUT2D eigenvalue weighted by Gasteiger charge is 2.14. The van der Waals surface area contributed by atoms with E-state index in [-0.39, 0.29) is 41.8 Å². The molecule has 0 aliphatic heterocycles. The van der Waals surface area contributed by atoms with Crippen molar-refractivity contribution in [2.45, 2.75) is 19.9 Å². The molecule has 0 radical (unpaired) electrons. The highest BCUT2D eigenvalue weighted by Crippen LogP contribution is 2.29. The fourth-order valence-electron chi connectivity index (χ4n) is 2.76. The van der Waals surface area contributed by atoms with E-state index in [9.17, 15) is 4.39 Å². The molecule has 0 aliphatic carbocycles. The molecule has 0 spiro atoms. The molecule has 0 amide bonds. The van der Waals surface area contributed by atoms with Crippen molar-refractivity contribution in [3.63, 3.8) is 0 Å². The van der Waals surface area contributed by atoms with Crippen LogP contribution in [0.1, 0.15) is 25.5 Å². The van der Waals surface area contributed by atoms with E-state index >= 15 is 0 Å². The van der Waals surface area contributed by atoms with Crippen LogP contribution in [0.5, 0.6) is 11.5 Å². The maximum atomic E-state index is 13.2. The number of nitrogens with one attached hydrogen (secondary N) is 1. The lowest BCUT2D eigenvalue weighted by Gasteiger charge is -2.23. The SMILES string of the molecule is CCOc1ccc(OCC)c(NC(N)=NCC(c2ccc(F)cc2)N(C)C)c1.I. The van der Waals surface area contributed by atoms with Crippen LogP contribution in [0.2, 0.25) is 0 Å². The summed E-state index contributed by atoms with van der Waals surface area (Å²) < 4.78 is 24.4. The van der Waals surface area contributed by atoms with Crippen LogP contribution in [0.15, 0.2) is 47.5 Å². The zero-order valence-corrected chi connectivity index (χ0v) is 19.6. The van der Waals surface area contributed by atoms with Gasteiger partial charge in [0, 0.05) is 6.07 Å². The third-order valence-corrected chi connectivity index (χ3v) is 4.14. The monoisotopic (exact) mass is 516 g/mol. The minimum absolute atomic E-state index is 0. The van der Waals surface area contributed by atoms with Crippen molar-refractivity contribution in [1.82, 2.24) is 4.90 Å². The maximum Gasteiger partial charge on any atom is 0.193 e. The van der Waals surface area contributed by atoms with Gasteiger partial charge in [0.15, 0.2) is 5.96 Å². The van der Waals surface area contributed by atoms with Gasteiger partial charge in [-0.2, -0.15) is 0 Å². The van der Waals surface area contributed by atoms with Crippen molar-refractivity contribution in [2.24, 2.45) is 10.7 Å². The number of anilines is 1. The lowest BCUT2D eigenvalue weighted by Crippen LogP contribution is -2.27. The summed E-state index contributed by atoms with van der Waals surface area (Å²) >= 11 is 0. The molecule has 1 atom stereocenters. The Morgan fingerprint density at radius 1 is 1.10 bits per heavy atom. The average molecular weight is 516 g/mol. The van der Waals surface area contributed by atoms with Crippen molar-refractivity contribution >= 4 is 35.6 Å². The molecule has 0 saturated carbocycles. The van der Waals surface area contributed by atoms with Gasteiger partial charge in [0.25, 0.3) is 0 Å². The van der Waals surface area contributed by atoms with Crippen LogP contribution in [-0.2, 0) is 0 Å². The van der Waals surface area contributed by atoms with E-state index in [2.05, 4.69) is 10.3 Å². The predicted molar refractivity (Wildman–Crippen MR) is 127 cm³/mol. The minimum Gasteiger partial charge on any atom is -0.494 e. The molecule has 0 heterocycles. The van der Waals surface area contributed by atoms with Crippen LogP contribution >= 0.6 is 24.0 Å². The maximum absolute atomic E-state index is 13.2. The van der Waals surface area contributed by atoms with Crippen LogP contribution in [0.25, 0.3) is 0 Å². The van der Waals surface area contributed by atoms with Crippen molar-refractivity contribution in [2.75, 3.05) is 39.2 Å². The summed E-state index contributed by atoms with van der Waals surface area (Å²) in [7, 11) is 3.90. The molecule has 0 fully saturated rings. The van der Waals surface area contributed by atoms with E-state index in [1.54, 1.807) is 12.1 Å². The Morgan fingerprint density at radius 2 is 1.76 bits per heavy atom. The first-order valence-corrected chi connectivity index (χ1v) is 9.33. The van der Waals surface area contributed by atoms with Gasteiger partial charge in [-0.05, 0) is 57.8 Å². The van der Waals surface area contributed by atoms with Gasteiger partial charge in [-0.1, -0.05) is 12.1 Å². The summed E-state index contributed by atoms with van der Waals surface area (Å²) in [4.78, 5) is 6.49. The van der Waals surface area contributed by atoms with E-state index in [1.807, 2.05) is 51.0 Å². The standard InChI is InChI=1S/C21H29FN4O2.HI/c1-5-27-17-11-12-20(28-6-2)18(13-17)25-21(23)24-14-19(26(3)4)15-7-9-16(22)10-8-15;/h7-13,19H,5-6,14H2,1-4H3,(H3,23,24,25);1H. The van der Waals surface area contributed by atoms with E-state index in [1.165, 1.54) is 12.1 Å². The van der Waals surface area contributed by atoms with E-state index < -0.39 is 0 Å². The number of hydrogen-bond acceptors (Lipinski definition) is 4. The molecule has 29 heavy (non-hydrogen) atoms. The van der Waals surface area contributed by atoms with Gasteiger partial charge < -0.3 is 25.4 Å². The summed E-state index contributed by atoms with van der Waals surface area (Å²) in [6, 6.07) is 11.9. The largest absolute Gasteiger partial charge is 0.494 e. The van der Waals surface area contributed by atoms with Crippen molar-refractivity contribution < 1.29 is 13.9 Å². The van der Waals surface area contributed by atoms with E-state index in [0.29, 0.717) is 31.2 Å². The van der Waals surface area contributed by atoms with Gasteiger partial charge in [0.1, 0.15) is 17.3 Å². The number of guanidine groups is 1. The lowest BCUT2D eigenvalue weighted by atomic mass is 10.1. The first-order chi connectivity index (χ1) is 13.4. The summed E-state index contributed by atoms with van der Waals surface area (Å²) in [5.41, 5.74) is 7.77. The second kappa shape index (κ2) is 12.5.